The molecule has 33 heavy (non-hydrogen) atoms. The summed E-state index contributed by atoms with van der Waals surface area (Å²) in [4.78, 5) is 12.6. The maximum absolute atomic E-state index is 13.4. The third-order valence-corrected chi connectivity index (χ3v) is 5.90. The zero-order valence-corrected chi connectivity index (χ0v) is 17.7. The van der Waals surface area contributed by atoms with Gasteiger partial charge in [0.05, 0.1) is 16.6 Å². The highest BCUT2D eigenvalue weighted by Crippen LogP contribution is 2.52. The largest absolute Gasteiger partial charge is 0.430 e. The van der Waals surface area contributed by atoms with Crippen molar-refractivity contribution in [3.05, 3.63) is 28.4 Å². The van der Waals surface area contributed by atoms with Gasteiger partial charge in [-0.2, -0.15) is 36.5 Å². The number of fused-ring (bicyclic) bond motifs is 1. The van der Waals surface area contributed by atoms with E-state index in [4.69, 9.17) is 0 Å². The number of rotatable bonds is 5. The summed E-state index contributed by atoms with van der Waals surface area (Å²) in [7, 11) is 1.32. The first kappa shape index (κ1) is 24.9. The number of aromatic nitrogens is 4. The van der Waals surface area contributed by atoms with Crippen LogP contribution in [0.15, 0.2) is 12.3 Å². The second-order valence-corrected chi connectivity index (χ2v) is 8.27. The molecule has 3 aromatic heterocycles. The van der Waals surface area contributed by atoms with Gasteiger partial charge in [0.2, 0.25) is 0 Å². The molecule has 0 spiro atoms. The van der Waals surface area contributed by atoms with Gasteiger partial charge in [0.1, 0.15) is 16.3 Å². The SMILES string of the molecule is CC(C)n1ncc(C(O)(C(F)(F)F)C(F)(F)F)c1NC(=O)c1cc2c(C(F)F)nn(C)c2s1. The second kappa shape index (κ2) is 7.93. The zero-order chi connectivity index (χ0) is 25.1. The van der Waals surface area contributed by atoms with E-state index in [0.717, 1.165) is 10.7 Å². The Kier molecular flexibility index (Phi) is 5.98. The van der Waals surface area contributed by atoms with Crippen LogP contribution in [-0.2, 0) is 12.6 Å². The van der Waals surface area contributed by atoms with Crippen LogP contribution in [-0.4, -0.2) is 42.9 Å². The molecule has 0 unspecified atom stereocenters. The lowest BCUT2D eigenvalue weighted by Crippen LogP contribution is -2.54. The summed E-state index contributed by atoms with van der Waals surface area (Å²) >= 11 is 0.649. The number of nitrogens with zero attached hydrogens (tertiary/aromatic N) is 4. The van der Waals surface area contributed by atoms with Gasteiger partial charge >= 0.3 is 12.4 Å². The Morgan fingerprint density at radius 1 is 1.15 bits per heavy atom. The summed E-state index contributed by atoms with van der Waals surface area (Å²) in [6.45, 7) is 2.74. The van der Waals surface area contributed by atoms with E-state index in [2.05, 4.69) is 10.2 Å². The average Bonchev–Trinajstić information content (AvgIpc) is 3.34. The standard InChI is InChI=1S/C17H15F8N5O2S/c1-6(2)30-12(8(5-26-30)15(32,16(20,21)22)17(23,24)25)27-13(31)9-4-7-10(11(18)19)28-29(3)14(7)33-9/h4-6,11,32H,1-3H3,(H,27,31). The number of anilines is 1. The molecule has 0 aromatic carbocycles. The molecule has 7 nitrogen and oxygen atoms in total. The Morgan fingerprint density at radius 2 is 1.73 bits per heavy atom. The molecule has 0 saturated heterocycles. The fourth-order valence-electron chi connectivity index (χ4n) is 3.12. The molecule has 3 aromatic rings. The Morgan fingerprint density at radius 3 is 2.21 bits per heavy atom. The monoisotopic (exact) mass is 505 g/mol. The molecule has 0 bridgehead atoms. The summed E-state index contributed by atoms with van der Waals surface area (Å²) in [6.07, 6.45) is -15.2. The first-order chi connectivity index (χ1) is 15.0. The summed E-state index contributed by atoms with van der Waals surface area (Å²) in [6, 6.07) is 0.177. The second-order valence-electron chi connectivity index (χ2n) is 7.24. The zero-order valence-electron chi connectivity index (χ0n) is 16.9. The lowest BCUT2D eigenvalue weighted by molar-refractivity contribution is -0.376. The van der Waals surface area contributed by atoms with Gasteiger partial charge in [-0.3, -0.25) is 9.48 Å². The first-order valence-electron chi connectivity index (χ1n) is 9.00. The van der Waals surface area contributed by atoms with Crippen LogP contribution in [0.2, 0.25) is 0 Å². The van der Waals surface area contributed by atoms with Gasteiger partial charge in [-0.05, 0) is 19.9 Å². The van der Waals surface area contributed by atoms with E-state index in [1.807, 2.05) is 5.32 Å². The van der Waals surface area contributed by atoms with Crippen molar-refractivity contribution >= 4 is 33.3 Å². The van der Waals surface area contributed by atoms with Crippen molar-refractivity contribution in [1.82, 2.24) is 19.6 Å². The quantitative estimate of drug-likeness (QED) is 0.483. The van der Waals surface area contributed by atoms with Gasteiger partial charge in [0, 0.05) is 18.5 Å². The molecule has 1 amide bonds. The number of hydrogen-bond acceptors (Lipinski definition) is 5. The van der Waals surface area contributed by atoms with E-state index in [1.165, 1.54) is 20.9 Å². The number of thiophene rings is 1. The number of carbonyl (C=O) groups is 1. The van der Waals surface area contributed by atoms with Gasteiger partial charge in [0.25, 0.3) is 17.9 Å². The van der Waals surface area contributed by atoms with E-state index in [-0.39, 0.29) is 21.3 Å². The third kappa shape index (κ3) is 3.94. The van der Waals surface area contributed by atoms with Crippen molar-refractivity contribution in [1.29, 1.82) is 0 Å². The van der Waals surface area contributed by atoms with Gasteiger partial charge in [-0.1, -0.05) is 0 Å². The van der Waals surface area contributed by atoms with Crippen molar-refractivity contribution in [2.75, 3.05) is 5.32 Å². The lowest BCUT2D eigenvalue weighted by Gasteiger charge is -2.32. The highest BCUT2D eigenvalue weighted by Gasteiger charge is 2.73. The fraction of sp³-hybridized carbons (Fsp3) is 0.471. The van der Waals surface area contributed by atoms with Crippen LogP contribution in [0, 0.1) is 0 Å². The summed E-state index contributed by atoms with van der Waals surface area (Å²) in [5.41, 5.74) is -7.71. The van der Waals surface area contributed by atoms with Crippen LogP contribution in [0.4, 0.5) is 40.9 Å². The van der Waals surface area contributed by atoms with Crippen molar-refractivity contribution < 1.29 is 45.0 Å². The lowest BCUT2D eigenvalue weighted by atomic mass is 9.94. The number of amides is 1. The van der Waals surface area contributed by atoms with E-state index in [0.29, 0.717) is 16.0 Å². The number of hydrogen-bond donors (Lipinski definition) is 2. The maximum Gasteiger partial charge on any atom is 0.430 e. The van der Waals surface area contributed by atoms with Crippen molar-refractivity contribution in [3.63, 3.8) is 0 Å². The van der Waals surface area contributed by atoms with Crippen LogP contribution in [0.25, 0.3) is 10.2 Å². The number of aryl methyl sites for hydroxylation is 1. The Bertz CT molecular complexity index is 1180. The topological polar surface area (TPSA) is 85.0 Å². The Balaban J connectivity index is 2.12. The molecule has 2 N–H and O–H groups in total. The molecule has 3 rings (SSSR count). The van der Waals surface area contributed by atoms with Gasteiger partial charge in [0.15, 0.2) is 0 Å². The molecular formula is C17H15F8N5O2S. The van der Waals surface area contributed by atoms with E-state index in [1.54, 1.807) is 0 Å². The van der Waals surface area contributed by atoms with Crippen molar-refractivity contribution in [3.8, 4) is 0 Å². The van der Waals surface area contributed by atoms with Crippen LogP contribution in [0.1, 0.15) is 47.2 Å². The third-order valence-electron chi connectivity index (χ3n) is 4.70. The number of nitrogens with one attached hydrogen (secondary N) is 1. The predicted octanol–water partition coefficient (Wildman–Crippen LogP) is 4.91. The van der Waals surface area contributed by atoms with Crippen LogP contribution in [0.3, 0.4) is 0 Å². The predicted molar refractivity (Wildman–Crippen MR) is 100 cm³/mol. The molecule has 0 fully saturated rings. The molecule has 16 heteroatoms. The minimum atomic E-state index is -6.20. The van der Waals surface area contributed by atoms with E-state index >= 15 is 0 Å². The van der Waals surface area contributed by atoms with E-state index in [9.17, 15) is 45.0 Å². The Hall–Kier alpha value is -2.75. The normalized spacial score (nSPS) is 13.5. The molecule has 0 aliphatic carbocycles. The molecule has 0 aliphatic rings. The number of carbonyl (C=O) groups excluding carboxylic acids is 1. The fourth-order valence-corrected chi connectivity index (χ4v) is 4.09. The van der Waals surface area contributed by atoms with Gasteiger partial charge < -0.3 is 10.4 Å². The average molecular weight is 505 g/mol. The first-order valence-corrected chi connectivity index (χ1v) is 9.82. The van der Waals surface area contributed by atoms with Gasteiger partial charge in [-0.15, -0.1) is 11.3 Å². The van der Waals surface area contributed by atoms with Crippen LogP contribution < -0.4 is 5.32 Å². The molecule has 3 heterocycles. The minimum Gasteiger partial charge on any atom is -0.369 e. The number of alkyl halides is 8. The van der Waals surface area contributed by atoms with Crippen molar-refractivity contribution in [2.24, 2.45) is 7.05 Å². The number of halogens is 8. The van der Waals surface area contributed by atoms with Crippen LogP contribution in [0.5, 0.6) is 0 Å². The van der Waals surface area contributed by atoms with Crippen LogP contribution >= 0.6 is 11.3 Å². The molecule has 0 saturated carbocycles. The summed E-state index contributed by atoms with van der Waals surface area (Å²) < 4.78 is 108. The molecule has 0 atom stereocenters. The maximum atomic E-state index is 13.4. The highest BCUT2D eigenvalue weighted by atomic mass is 32.1. The molecule has 0 aliphatic heterocycles. The summed E-state index contributed by atoms with van der Waals surface area (Å²) in [5.74, 6) is -2.23. The van der Waals surface area contributed by atoms with Gasteiger partial charge in [-0.25, -0.2) is 13.5 Å². The Labute approximate surface area is 183 Å². The van der Waals surface area contributed by atoms with E-state index < -0.39 is 53.4 Å². The minimum absolute atomic E-state index is 0.0951. The van der Waals surface area contributed by atoms with Crippen molar-refractivity contribution in [2.45, 2.75) is 44.3 Å². The summed E-state index contributed by atoms with van der Waals surface area (Å²) in [5, 5.41) is 18.7. The molecule has 0 radical (unpaired) electrons. The smallest absolute Gasteiger partial charge is 0.369 e. The molecule has 182 valence electrons. The highest BCUT2D eigenvalue weighted by molar-refractivity contribution is 7.20. The number of aliphatic hydroxyl groups is 1. The molecular weight excluding hydrogens is 490 g/mol.